The van der Waals surface area contributed by atoms with Gasteiger partial charge in [-0.3, -0.25) is 0 Å². The lowest BCUT2D eigenvalue weighted by Crippen LogP contribution is -2.67. The molecule has 0 amide bonds. The first-order valence-corrected chi connectivity index (χ1v) is 9.22. The van der Waals surface area contributed by atoms with Crippen LogP contribution in [0.25, 0.3) is 0 Å². The fourth-order valence-electron chi connectivity index (χ4n) is 5.44. The lowest BCUT2D eigenvalue weighted by molar-refractivity contribution is -0.262. The van der Waals surface area contributed by atoms with Gasteiger partial charge in [0.15, 0.2) is 17.6 Å². The van der Waals surface area contributed by atoms with E-state index >= 15 is 0 Å². The maximum atomic E-state index is 11.8. The molecule has 4 atom stereocenters. The number of fused-ring (bicyclic) bond motifs is 1. The highest BCUT2D eigenvalue weighted by Crippen LogP contribution is 2.62. The number of likely N-dealkylation sites (N-methyl/N-ethyl adjacent to an activating group) is 1. The van der Waals surface area contributed by atoms with Crippen molar-refractivity contribution in [2.24, 2.45) is 0 Å². The maximum Gasteiger partial charge on any atom is 0.206 e. The molecule has 2 aliphatic heterocycles. The Kier molecular flexibility index (Phi) is 3.24. The molecule has 2 N–H and O–H groups in total. The normalized spacial score (nSPS) is 37.4. The van der Waals surface area contributed by atoms with Crippen LogP contribution in [-0.4, -0.2) is 65.5 Å². The predicted molar refractivity (Wildman–Crippen MR) is 89.9 cm³/mol. The zero-order valence-electron chi connectivity index (χ0n) is 14.7. The van der Waals surface area contributed by atoms with Crippen molar-refractivity contribution in [3.8, 4) is 11.5 Å². The van der Waals surface area contributed by atoms with Gasteiger partial charge in [0.05, 0.1) is 24.7 Å². The number of phenols is 1. The minimum atomic E-state index is -0.915. The topological polar surface area (TPSA) is 71.4 Å². The number of hydrogen-bond donors (Lipinski definition) is 2. The van der Waals surface area contributed by atoms with Crippen LogP contribution in [0.3, 0.4) is 0 Å². The Hall–Kier alpha value is -1.34. The molecule has 6 nitrogen and oxygen atoms in total. The van der Waals surface area contributed by atoms with E-state index in [1.54, 1.807) is 6.07 Å². The molecule has 1 aromatic carbocycles. The maximum absolute atomic E-state index is 11.8. The second-order valence-corrected chi connectivity index (χ2v) is 7.80. The molecule has 2 heterocycles. The van der Waals surface area contributed by atoms with E-state index in [0.29, 0.717) is 31.8 Å². The van der Waals surface area contributed by atoms with Crippen molar-refractivity contribution in [2.75, 3.05) is 26.8 Å². The quantitative estimate of drug-likeness (QED) is 0.842. The number of ether oxygens (including phenoxy) is 3. The van der Waals surface area contributed by atoms with Crippen molar-refractivity contribution in [3.63, 3.8) is 0 Å². The summed E-state index contributed by atoms with van der Waals surface area (Å²) in [4.78, 5) is 2.22. The lowest BCUT2D eigenvalue weighted by atomic mass is 9.60. The molecule has 1 spiro atoms. The smallest absolute Gasteiger partial charge is 0.206 e. The van der Waals surface area contributed by atoms with E-state index in [1.807, 2.05) is 6.07 Å². The van der Waals surface area contributed by atoms with E-state index in [9.17, 15) is 10.2 Å². The van der Waals surface area contributed by atoms with Crippen molar-refractivity contribution in [1.29, 1.82) is 0 Å². The molecule has 1 saturated carbocycles. The summed E-state index contributed by atoms with van der Waals surface area (Å²) in [6, 6.07) is 3.67. The van der Waals surface area contributed by atoms with Crippen LogP contribution < -0.4 is 4.74 Å². The molecule has 6 heteroatoms. The third kappa shape index (κ3) is 1.88. The summed E-state index contributed by atoms with van der Waals surface area (Å²) >= 11 is 0. The van der Waals surface area contributed by atoms with E-state index in [1.165, 1.54) is 0 Å². The number of aromatic hydroxyl groups is 1. The molecule has 5 rings (SSSR count). The van der Waals surface area contributed by atoms with Gasteiger partial charge in [0.1, 0.15) is 0 Å². The van der Waals surface area contributed by atoms with Crippen LogP contribution in [0.15, 0.2) is 12.1 Å². The fourth-order valence-corrected chi connectivity index (χ4v) is 5.44. The van der Waals surface area contributed by atoms with Crippen molar-refractivity contribution in [2.45, 2.75) is 55.6 Å². The monoisotopic (exact) mass is 347 g/mol. The Bertz CT molecular complexity index is 716. The third-order valence-electron chi connectivity index (χ3n) is 6.77. The van der Waals surface area contributed by atoms with Crippen LogP contribution in [0.1, 0.15) is 36.8 Å². The van der Waals surface area contributed by atoms with Gasteiger partial charge in [0, 0.05) is 18.0 Å². The first-order chi connectivity index (χ1) is 12.0. The standard InChI is InChI=1S/C19H25NO5/c1-3-20(2)13-10-11-4-5-12(21)16-14(11)15-17(25-16)19(23-8-9-24-19)7-6-18(13,15)22/h4-5,13,15,17,21-22H,3,6-10H2,1-2H3. The Morgan fingerprint density at radius 2 is 2.00 bits per heavy atom. The van der Waals surface area contributed by atoms with E-state index in [0.717, 1.165) is 24.1 Å². The van der Waals surface area contributed by atoms with Crippen LogP contribution in [-0.2, 0) is 15.9 Å². The second kappa shape index (κ2) is 5.10. The fraction of sp³-hybridized carbons (Fsp3) is 0.684. The van der Waals surface area contributed by atoms with Crippen LogP contribution >= 0.6 is 0 Å². The molecule has 4 unspecified atom stereocenters. The number of nitrogens with zero attached hydrogens (tertiary/aromatic N) is 1. The number of benzene rings is 1. The van der Waals surface area contributed by atoms with Crippen LogP contribution in [0.4, 0.5) is 0 Å². The molecule has 1 aromatic rings. The molecular formula is C19H25NO5. The minimum Gasteiger partial charge on any atom is -0.504 e. The summed E-state index contributed by atoms with van der Waals surface area (Å²) < 4.78 is 18.2. The van der Waals surface area contributed by atoms with Gasteiger partial charge in [-0.15, -0.1) is 0 Å². The SMILES string of the molecule is CCN(C)C1Cc2ccc(O)c3c2C2C(O3)C3(CCC21O)OCCO3. The highest BCUT2D eigenvalue weighted by molar-refractivity contribution is 5.59. The summed E-state index contributed by atoms with van der Waals surface area (Å²) in [7, 11) is 2.06. The molecule has 0 aromatic heterocycles. The van der Waals surface area contributed by atoms with E-state index in [4.69, 9.17) is 14.2 Å². The minimum absolute atomic E-state index is 0.00958. The molecule has 1 saturated heterocycles. The number of rotatable bonds is 2. The highest BCUT2D eigenvalue weighted by atomic mass is 16.8. The Morgan fingerprint density at radius 3 is 2.72 bits per heavy atom. The van der Waals surface area contributed by atoms with Gasteiger partial charge in [-0.1, -0.05) is 13.0 Å². The average molecular weight is 347 g/mol. The second-order valence-electron chi connectivity index (χ2n) is 7.80. The van der Waals surface area contributed by atoms with Gasteiger partial charge in [0.25, 0.3) is 0 Å². The zero-order chi connectivity index (χ0) is 17.4. The molecule has 25 heavy (non-hydrogen) atoms. The van der Waals surface area contributed by atoms with Crippen molar-refractivity contribution in [3.05, 3.63) is 23.3 Å². The zero-order valence-corrected chi connectivity index (χ0v) is 14.7. The van der Waals surface area contributed by atoms with Gasteiger partial charge in [-0.25, -0.2) is 0 Å². The predicted octanol–water partition coefficient (Wildman–Crippen LogP) is 1.38. The molecule has 136 valence electrons. The van der Waals surface area contributed by atoms with E-state index in [2.05, 4.69) is 18.9 Å². The molecule has 0 radical (unpaired) electrons. The largest absolute Gasteiger partial charge is 0.504 e. The average Bonchev–Trinajstić information content (AvgIpc) is 3.24. The van der Waals surface area contributed by atoms with Crippen LogP contribution in [0, 0.1) is 0 Å². The van der Waals surface area contributed by atoms with Gasteiger partial charge in [-0.05, 0) is 38.1 Å². The Balaban J connectivity index is 1.69. The number of phenolic OH excluding ortho intramolecular Hbond substituents is 1. The summed E-state index contributed by atoms with van der Waals surface area (Å²) in [5.41, 5.74) is 1.18. The summed E-state index contributed by atoms with van der Waals surface area (Å²) in [6.45, 7) is 4.05. The molecule has 2 fully saturated rings. The van der Waals surface area contributed by atoms with Crippen molar-refractivity contribution in [1.82, 2.24) is 4.90 Å². The molecule has 2 aliphatic carbocycles. The summed E-state index contributed by atoms with van der Waals surface area (Å²) in [5.74, 6) is -0.425. The van der Waals surface area contributed by atoms with Gasteiger partial charge in [-0.2, -0.15) is 0 Å². The summed E-state index contributed by atoms with van der Waals surface area (Å²) in [6.07, 6.45) is 1.53. The highest BCUT2D eigenvalue weighted by Gasteiger charge is 2.67. The third-order valence-corrected chi connectivity index (χ3v) is 6.77. The Labute approximate surface area is 147 Å². The van der Waals surface area contributed by atoms with Gasteiger partial charge < -0.3 is 29.3 Å². The van der Waals surface area contributed by atoms with E-state index < -0.39 is 17.5 Å². The van der Waals surface area contributed by atoms with Gasteiger partial charge in [0.2, 0.25) is 5.79 Å². The van der Waals surface area contributed by atoms with Crippen LogP contribution in [0.2, 0.25) is 0 Å². The molecular weight excluding hydrogens is 322 g/mol. The first-order valence-electron chi connectivity index (χ1n) is 9.22. The number of hydrogen-bond acceptors (Lipinski definition) is 6. The van der Waals surface area contributed by atoms with E-state index in [-0.39, 0.29) is 17.7 Å². The van der Waals surface area contributed by atoms with Gasteiger partial charge >= 0.3 is 0 Å². The first kappa shape index (κ1) is 15.9. The molecule has 4 aliphatic rings. The van der Waals surface area contributed by atoms with Crippen molar-refractivity contribution >= 4 is 0 Å². The van der Waals surface area contributed by atoms with Crippen molar-refractivity contribution < 1.29 is 24.4 Å². The lowest BCUT2D eigenvalue weighted by Gasteiger charge is -2.54. The number of aliphatic hydroxyl groups is 1. The van der Waals surface area contributed by atoms with Crippen LogP contribution in [0.5, 0.6) is 11.5 Å². The Morgan fingerprint density at radius 1 is 1.24 bits per heavy atom. The molecule has 0 bridgehead atoms. The summed E-state index contributed by atoms with van der Waals surface area (Å²) in [5, 5.41) is 22.2.